The molecule has 15 unspecified atom stereocenters. The van der Waals surface area contributed by atoms with Crippen molar-refractivity contribution in [3.63, 3.8) is 0 Å². The molecule has 1 aromatic rings. The number of hydrogen-bond acceptors (Lipinski definition) is 15. The average Bonchev–Trinajstić information content (AvgIpc) is 3.88. The minimum Gasteiger partial charge on any atom is -0.460 e. The van der Waals surface area contributed by atoms with Gasteiger partial charge in [-0.2, -0.15) is 0 Å². The molecule has 4 heterocycles. The van der Waals surface area contributed by atoms with Gasteiger partial charge in [-0.3, -0.25) is 19.2 Å². The maximum Gasteiger partial charge on any atom is 0.329 e. The molecule has 15 atom stereocenters. The number of rotatable bonds is 7. The van der Waals surface area contributed by atoms with E-state index in [1.165, 1.54) is 12.0 Å². The molecule has 2 saturated heterocycles. The molecule has 384 valence electrons. The van der Waals surface area contributed by atoms with E-state index in [1.807, 2.05) is 58.1 Å². The number of ether oxygens (including phenoxy) is 5. The third-order valence-electron chi connectivity index (χ3n) is 15.2. The van der Waals surface area contributed by atoms with E-state index in [1.54, 1.807) is 52.1 Å². The average molecular weight is 966 g/mol. The normalized spacial score (nSPS) is 38.8. The van der Waals surface area contributed by atoms with E-state index in [9.17, 15) is 34.2 Å². The number of allylic oxidation sites excluding steroid dienone is 6. The Kier molecular flexibility index (Phi) is 20.8. The van der Waals surface area contributed by atoms with Gasteiger partial charge in [-0.05, 0) is 117 Å². The highest BCUT2D eigenvalue weighted by atomic mass is 16.6. The lowest BCUT2D eigenvalue weighted by atomic mass is 9.77. The minimum absolute atomic E-state index is 0.0170. The molecule has 1 aliphatic carbocycles. The smallest absolute Gasteiger partial charge is 0.329 e. The monoisotopic (exact) mass is 966 g/mol. The van der Waals surface area contributed by atoms with Crippen LogP contribution in [0.5, 0.6) is 0 Å². The van der Waals surface area contributed by atoms with Crippen molar-refractivity contribution in [3.8, 4) is 0 Å². The first kappa shape index (κ1) is 55.7. The zero-order valence-electron chi connectivity index (χ0n) is 42.5. The topological polar surface area (TPSA) is 219 Å². The number of esters is 1. The summed E-state index contributed by atoms with van der Waals surface area (Å²) >= 11 is 0. The van der Waals surface area contributed by atoms with Crippen molar-refractivity contribution in [2.75, 3.05) is 27.9 Å². The lowest BCUT2D eigenvalue weighted by Crippen LogP contribution is -2.61. The number of amides is 1. The predicted molar refractivity (Wildman–Crippen MR) is 256 cm³/mol. The van der Waals surface area contributed by atoms with E-state index < -0.39 is 77.8 Å². The van der Waals surface area contributed by atoms with Crippen molar-refractivity contribution < 1.29 is 57.9 Å². The molecule has 3 aliphatic heterocycles. The summed E-state index contributed by atoms with van der Waals surface area (Å²) in [5, 5.41) is 35.2. The Morgan fingerprint density at radius 3 is 2.32 bits per heavy atom. The van der Waals surface area contributed by atoms with Gasteiger partial charge in [0.15, 0.2) is 5.78 Å². The van der Waals surface area contributed by atoms with Crippen molar-refractivity contribution in [2.45, 2.75) is 180 Å². The van der Waals surface area contributed by atoms with Gasteiger partial charge in [-0.25, -0.2) is 9.48 Å². The van der Waals surface area contributed by atoms with Crippen LogP contribution in [0.2, 0.25) is 0 Å². The molecule has 1 aromatic heterocycles. The van der Waals surface area contributed by atoms with Crippen LogP contribution < -0.4 is 0 Å². The highest BCUT2D eigenvalue weighted by Gasteiger charge is 2.53. The van der Waals surface area contributed by atoms with Crippen LogP contribution in [-0.4, -0.2) is 141 Å². The van der Waals surface area contributed by atoms with Gasteiger partial charge in [0.05, 0.1) is 24.4 Å². The third-order valence-corrected chi connectivity index (χ3v) is 15.2. The Labute approximate surface area is 408 Å². The maximum absolute atomic E-state index is 14.5. The van der Waals surface area contributed by atoms with Gasteiger partial charge in [0, 0.05) is 58.5 Å². The fraction of sp³-hybridized carbons (Fsp3) is 0.731. The highest BCUT2D eigenvalue weighted by molar-refractivity contribution is 6.39. The molecule has 0 spiro atoms. The predicted octanol–water partition coefficient (Wildman–Crippen LogP) is 6.05. The molecule has 17 nitrogen and oxygen atoms in total. The Morgan fingerprint density at radius 1 is 0.884 bits per heavy atom. The van der Waals surface area contributed by atoms with Crippen LogP contribution in [0.4, 0.5) is 0 Å². The first-order chi connectivity index (χ1) is 32.8. The molecule has 1 amide bonds. The fourth-order valence-corrected chi connectivity index (χ4v) is 10.7. The van der Waals surface area contributed by atoms with Crippen LogP contribution in [0.3, 0.4) is 0 Å². The summed E-state index contributed by atoms with van der Waals surface area (Å²) in [5.41, 5.74) is 1.27. The van der Waals surface area contributed by atoms with E-state index in [0.29, 0.717) is 56.9 Å². The molecule has 0 aromatic carbocycles. The first-order valence-corrected chi connectivity index (χ1v) is 25.0. The Balaban J connectivity index is 1.46. The Hall–Kier alpha value is -4.26. The number of piperidine rings is 1. The zero-order valence-corrected chi connectivity index (χ0v) is 42.5. The molecular formula is C52H79N5O12. The van der Waals surface area contributed by atoms with Gasteiger partial charge >= 0.3 is 5.97 Å². The number of hydrogen-bond donors (Lipinski definition) is 2. The maximum atomic E-state index is 14.5. The molecule has 17 heteroatoms. The molecule has 3 fully saturated rings. The van der Waals surface area contributed by atoms with Crippen LogP contribution in [0.15, 0.2) is 53.9 Å². The summed E-state index contributed by atoms with van der Waals surface area (Å²) in [5.74, 6) is -7.92. The number of carbonyl (C=O) groups excluding carboxylic acids is 5. The van der Waals surface area contributed by atoms with Gasteiger partial charge in [0.2, 0.25) is 5.79 Å². The van der Waals surface area contributed by atoms with Crippen LogP contribution in [0, 0.1) is 35.5 Å². The van der Waals surface area contributed by atoms with E-state index in [2.05, 4.69) is 15.5 Å². The number of ketones is 3. The van der Waals surface area contributed by atoms with Gasteiger partial charge < -0.3 is 38.8 Å². The molecule has 0 radical (unpaired) electrons. The second-order valence-corrected chi connectivity index (χ2v) is 20.4. The standard InChI is InChI=1S/C52H79N5O12/c1-31-16-12-11-13-17-32(2)43(65-8)28-39-21-19-37(7)52(64,69-39)49(61)50(62)56-23-15-14-18-41(56)51(63)68-44(34(4)26-38-20-22-40(45(27-38)66-9)57-30-53-54-55-57)29-42(58)33(3)25-36(6)47(60)48(67-10)46(59)35(5)24-31/h11-13,16-17,25,30-31,33-35,37-41,43-45,47-48,60,64H,14-15,18-24,26-29H2,1-10H3/b13-11+,16-12+,32-17+,36-25+. The number of fused-ring (bicyclic) bond motifs is 3. The number of tetrazole rings is 1. The minimum atomic E-state index is -2.43. The number of aliphatic hydroxyl groups is 2. The highest BCUT2D eigenvalue weighted by Crippen LogP contribution is 2.39. The summed E-state index contributed by atoms with van der Waals surface area (Å²) in [4.78, 5) is 72.3. The molecule has 2 N–H and O–H groups in total. The molecule has 4 aliphatic rings. The SMILES string of the molecule is COC1CC2CCC(C)C(O)(O2)C(=O)C(=O)N2CCCCC2C(=O)OC(C(C)CC2CCC(n3cnnn3)C(OC)C2)CC(=O)C(C)/C=C(\C)C(O)C(OC)C(=O)C(C)CC(C)/C=C/C=C/C=C/1C. The second-order valence-electron chi connectivity index (χ2n) is 20.4. The van der Waals surface area contributed by atoms with E-state index in [-0.39, 0.29) is 60.9 Å². The number of carbonyl (C=O) groups is 5. The first-order valence-electron chi connectivity index (χ1n) is 25.0. The number of aromatic nitrogens is 4. The third kappa shape index (κ3) is 14.2. The largest absolute Gasteiger partial charge is 0.460 e. The number of aliphatic hydroxyl groups excluding tert-OH is 1. The van der Waals surface area contributed by atoms with Crippen molar-refractivity contribution in [1.82, 2.24) is 25.1 Å². The number of methoxy groups -OCH3 is 3. The van der Waals surface area contributed by atoms with Gasteiger partial charge in [0.1, 0.15) is 36.5 Å². The summed E-state index contributed by atoms with van der Waals surface area (Å²) in [6.45, 7) is 12.8. The summed E-state index contributed by atoms with van der Waals surface area (Å²) in [6.07, 6.45) is 13.9. The molecule has 69 heavy (non-hydrogen) atoms. The van der Waals surface area contributed by atoms with Crippen LogP contribution >= 0.6 is 0 Å². The lowest BCUT2D eigenvalue weighted by molar-refractivity contribution is -0.265. The van der Waals surface area contributed by atoms with Crippen molar-refractivity contribution in [3.05, 3.63) is 53.9 Å². The van der Waals surface area contributed by atoms with E-state index >= 15 is 0 Å². The van der Waals surface area contributed by atoms with Crippen molar-refractivity contribution in [1.29, 1.82) is 0 Å². The van der Waals surface area contributed by atoms with Crippen LogP contribution in [0.1, 0.15) is 132 Å². The molecule has 2 bridgehead atoms. The van der Waals surface area contributed by atoms with Gasteiger partial charge in [-0.15, -0.1) is 5.10 Å². The number of Topliss-reactive ketones (excluding diaryl/α,β-unsaturated/α-hetero) is 3. The zero-order chi connectivity index (χ0) is 50.6. The van der Waals surface area contributed by atoms with Gasteiger partial charge in [0.25, 0.3) is 11.7 Å². The van der Waals surface area contributed by atoms with Crippen molar-refractivity contribution >= 4 is 29.2 Å². The number of nitrogens with zero attached hydrogens (tertiary/aromatic N) is 5. The Morgan fingerprint density at radius 2 is 1.64 bits per heavy atom. The Bertz CT molecular complexity index is 2020. The second kappa shape index (κ2) is 25.7. The van der Waals surface area contributed by atoms with E-state index in [4.69, 9.17) is 23.7 Å². The van der Waals surface area contributed by atoms with Gasteiger partial charge in [-0.1, -0.05) is 71.1 Å². The fourth-order valence-electron chi connectivity index (χ4n) is 10.7. The molecule has 1 saturated carbocycles. The summed E-state index contributed by atoms with van der Waals surface area (Å²) in [7, 11) is 4.62. The summed E-state index contributed by atoms with van der Waals surface area (Å²) < 4.78 is 31.6. The van der Waals surface area contributed by atoms with Crippen molar-refractivity contribution in [2.24, 2.45) is 35.5 Å². The number of cyclic esters (lactones) is 1. The van der Waals surface area contributed by atoms with Crippen LogP contribution in [-0.2, 0) is 47.7 Å². The summed E-state index contributed by atoms with van der Waals surface area (Å²) in [6, 6.07) is -1.19. The lowest BCUT2D eigenvalue weighted by Gasteiger charge is -2.42. The van der Waals surface area contributed by atoms with E-state index in [0.717, 1.165) is 18.4 Å². The molecular weight excluding hydrogens is 887 g/mol. The quantitative estimate of drug-likeness (QED) is 0.181. The van der Waals surface area contributed by atoms with Crippen LogP contribution in [0.25, 0.3) is 0 Å². The molecule has 5 rings (SSSR count).